The summed E-state index contributed by atoms with van der Waals surface area (Å²) in [4.78, 5) is 10.9. The molecular formula is C14H17IO3. The Hall–Kier alpha value is -0.780. The summed E-state index contributed by atoms with van der Waals surface area (Å²) in [5, 5.41) is 8.93. The van der Waals surface area contributed by atoms with E-state index < -0.39 is 5.97 Å². The quantitative estimate of drug-likeness (QED) is 0.823. The molecule has 0 saturated heterocycles. The number of hydrogen-bond acceptors (Lipinski definition) is 2. The van der Waals surface area contributed by atoms with Crippen molar-refractivity contribution in [3.63, 3.8) is 0 Å². The zero-order chi connectivity index (χ0) is 13.0. The minimum atomic E-state index is -0.814. The van der Waals surface area contributed by atoms with Crippen LogP contribution in [0.4, 0.5) is 0 Å². The molecule has 0 atom stereocenters. The summed E-state index contributed by atoms with van der Waals surface area (Å²) in [6.45, 7) is 0. The van der Waals surface area contributed by atoms with E-state index in [2.05, 4.69) is 6.07 Å². The van der Waals surface area contributed by atoms with Crippen LogP contribution in [0, 0.1) is 0 Å². The molecule has 0 radical (unpaired) electrons. The van der Waals surface area contributed by atoms with Crippen molar-refractivity contribution in [2.45, 2.75) is 44.4 Å². The summed E-state index contributed by atoms with van der Waals surface area (Å²) in [7, 11) is 0. The number of carboxylic acid groups (broad SMARTS) is 1. The van der Waals surface area contributed by atoms with Gasteiger partial charge in [0.05, 0.1) is 6.42 Å². The largest absolute Gasteiger partial charge is 0.481 e. The molecule has 0 aromatic heterocycles. The second kappa shape index (κ2) is 6.41. The van der Waals surface area contributed by atoms with E-state index in [4.69, 9.17) is 8.17 Å². The van der Waals surface area contributed by atoms with Crippen molar-refractivity contribution in [1.29, 1.82) is 0 Å². The molecule has 1 fully saturated rings. The third-order valence-corrected chi connectivity index (χ3v) is 4.06. The van der Waals surface area contributed by atoms with Gasteiger partial charge in [-0.2, -0.15) is 0 Å². The van der Waals surface area contributed by atoms with E-state index in [-0.39, 0.29) is 6.42 Å². The predicted octanol–water partition coefficient (Wildman–Crippen LogP) is 4.09. The molecule has 1 aliphatic carbocycles. The summed E-state index contributed by atoms with van der Waals surface area (Å²) in [6, 6.07) is 5.99. The number of aliphatic carboxylic acids is 1. The van der Waals surface area contributed by atoms with Crippen LogP contribution in [-0.2, 0) is 11.2 Å². The van der Waals surface area contributed by atoms with Crippen LogP contribution in [-0.4, -0.2) is 11.1 Å². The van der Waals surface area contributed by atoms with Crippen LogP contribution in [0.15, 0.2) is 18.2 Å². The van der Waals surface area contributed by atoms with E-state index >= 15 is 0 Å². The number of carboxylic acids is 1. The highest BCUT2D eigenvalue weighted by atomic mass is 127. The Morgan fingerprint density at radius 3 is 2.67 bits per heavy atom. The molecule has 0 heterocycles. The van der Waals surface area contributed by atoms with Crippen LogP contribution < -0.4 is 3.07 Å². The van der Waals surface area contributed by atoms with Gasteiger partial charge >= 0.3 is 5.97 Å². The summed E-state index contributed by atoms with van der Waals surface area (Å²) in [5.74, 6) is 0.442. The number of halogens is 1. The molecule has 1 saturated carbocycles. The fourth-order valence-electron chi connectivity index (χ4n) is 2.67. The van der Waals surface area contributed by atoms with Gasteiger partial charge in [0.1, 0.15) is 5.75 Å². The Bertz CT molecular complexity index is 425. The fourth-order valence-corrected chi connectivity index (χ4v) is 3.10. The van der Waals surface area contributed by atoms with Crippen LogP contribution in [0.3, 0.4) is 0 Å². The lowest BCUT2D eigenvalue weighted by Crippen LogP contribution is -2.07. The first-order valence-corrected chi connectivity index (χ1v) is 7.22. The molecule has 3 nitrogen and oxygen atoms in total. The van der Waals surface area contributed by atoms with Crippen molar-refractivity contribution in [2.75, 3.05) is 0 Å². The Balaban J connectivity index is 2.23. The lowest BCUT2D eigenvalue weighted by atomic mass is 9.83. The van der Waals surface area contributed by atoms with Crippen LogP contribution in [0.1, 0.15) is 49.1 Å². The zero-order valence-electron chi connectivity index (χ0n) is 10.2. The van der Waals surface area contributed by atoms with Crippen LogP contribution in [0.25, 0.3) is 0 Å². The number of carbonyl (C=O) groups is 1. The summed E-state index contributed by atoms with van der Waals surface area (Å²) in [6.07, 6.45) is 6.35. The minimum absolute atomic E-state index is 0.0267. The van der Waals surface area contributed by atoms with E-state index in [9.17, 15) is 4.79 Å². The fraction of sp³-hybridized carbons (Fsp3) is 0.500. The topological polar surface area (TPSA) is 46.5 Å². The molecule has 98 valence electrons. The summed E-state index contributed by atoms with van der Waals surface area (Å²) < 4.78 is 5.20. The van der Waals surface area contributed by atoms with Gasteiger partial charge in [-0.1, -0.05) is 31.4 Å². The third kappa shape index (κ3) is 3.37. The van der Waals surface area contributed by atoms with Crippen molar-refractivity contribution in [3.8, 4) is 5.75 Å². The first kappa shape index (κ1) is 13.6. The second-order valence-electron chi connectivity index (χ2n) is 4.85. The molecular weight excluding hydrogens is 343 g/mol. The van der Waals surface area contributed by atoms with Crippen molar-refractivity contribution in [2.24, 2.45) is 0 Å². The van der Waals surface area contributed by atoms with Crippen molar-refractivity contribution >= 4 is 29.0 Å². The van der Waals surface area contributed by atoms with E-state index in [1.165, 1.54) is 37.7 Å². The molecule has 1 N–H and O–H groups in total. The van der Waals surface area contributed by atoms with Gasteiger partial charge < -0.3 is 8.17 Å². The van der Waals surface area contributed by atoms with Gasteiger partial charge in [-0.15, -0.1) is 0 Å². The molecule has 0 spiro atoms. The van der Waals surface area contributed by atoms with Crippen molar-refractivity contribution < 1.29 is 13.0 Å². The number of rotatable bonds is 4. The van der Waals surface area contributed by atoms with E-state index in [1.807, 2.05) is 12.1 Å². The second-order valence-corrected chi connectivity index (χ2v) is 5.29. The van der Waals surface area contributed by atoms with Gasteiger partial charge in [0.15, 0.2) is 23.0 Å². The van der Waals surface area contributed by atoms with Gasteiger partial charge in [0, 0.05) is 5.56 Å². The molecule has 1 aromatic carbocycles. The molecule has 0 amide bonds. The summed E-state index contributed by atoms with van der Waals surface area (Å²) in [5.41, 5.74) is 2.04. The smallest absolute Gasteiger partial charge is 0.307 e. The van der Waals surface area contributed by atoms with Gasteiger partial charge in [0.25, 0.3) is 0 Å². The molecule has 0 aliphatic heterocycles. The van der Waals surface area contributed by atoms with Crippen LogP contribution >= 0.6 is 23.0 Å². The Morgan fingerprint density at radius 2 is 2.06 bits per heavy atom. The van der Waals surface area contributed by atoms with Gasteiger partial charge in [-0.05, 0) is 30.4 Å². The summed E-state index contributed by atoms with van der Waals surface area (Å²) >= 11 is 1.80. The average Bonchev–Trinajstić information content (AvgIpc) is 2.39. The van der Waals surface area contributed by atoms with Gasteiger partial charge in [0.2, 0.25) is 0 Å². The normalized spacial score (nSPS) is 16.5. The number of benzene rings is 1. The molecule has 18 heavy (non-hydrogen) atoms. The highest BCUT2D eigenvalue weighted by Gasteiger charge is 2.17. The maximum atomic E-state index is 10.9. The first-order valence-electron chi connectivity index (χ1n) is 6.34. The van der Waals surface area contributed by atoms with E-state index in [0.717, 1.165) is 5.56 Å². The standard InChI is InChI=1S/C14H17IO3/c15-18-13-7-6-11(8-12(13)9-14(16)17)10-4-2-1-3-5-10/h6-8,10H,1-5,9H2,(H,16,17). The lowest BCUT2D eigenvalue weighted by Gasteiger charge is -2.22. The van der Waals surface area contributed by atoms with Crippen molar-refractivity contribution in [1.82, 2.24) is 0 Å². The zero-order valence-corrected chi connectivity index (χ0v) is 12.4. The van der Waals surface area contributed by atoms with Crippen molar-refractivity contribution in [3.05, 3.63) is 29.3 Å². The first-order chi connectivity index (χ1) is 8.70. The Kier molecular flexibility index (Phi) is 4.86. The average molecular weight is 360 g/mol. The molecule has 1 aliphatic rings. The molecule has 4 heteroatoms. The van der Waals surface area contributed by atoms with Crippen LogP contribution in [0.2, 0.25) is 0 Å². The lowest BCUT2D eigenvalue weighted by molar-refractivity contribution is -0.136. The molecule has 2 rings (SSSR count). The Labute approximate surface area is 121 Å². The van der Waals surface area contributed by atoms with E-state index in [1.54, 1.807) is 23.0 Å². The maximum absolute atomic E-state index is 10.9. The Morgan fingerprint density at radius 1 is 1.33 bits per heavy atom. The van der Waals surface area contributed by atoms with Gasteiger partial charge in [-0.25, -0.2) is 0 Å². The highest BCUT2D eigenvalue weighted by Crippen LogP contribution is 2.35. The predicted molar refractivity (Wildman–Crippen MR) is 78.3 cm³/mol. The minimum Gasteiger partial charge on any atom is -0.481 e. The monoisotopic (exact) mass is 360 g/mol. The third-order valence-electron chi connectivity index (χ3n) is 3.59. The van der Waals surface area contributed by atoms with Gasteiger partial charge in [-0.3, -0.25) is 4.79 Å². The number of hydrogen-bond donors (Lipinski definition) is 1. The maximum Gasteiger partial charge on any atom is 0.307 e. The highest BCUT2D eigenvalue weighted by molar-refractivity contribution is 14.1. The van der Waals surface area contributed by atoms with Crippen LogP contribution in [0.5, 0.6) is 5.75 Å². The molecule has 0 unspecified atom stereocenters. The molecule has 0 bridgehead atoms. The SMILES string of the molecule is O=C(O)Cc1cc(C2CCCCC2)ccc1OI. The molecule has 1 aromatic rings. The van der Waals surface area contributed by atoms with E-state index in [0.29, 0.717) is 11.7 Å².